The summed E-state index contributed by atoms with van der Waals surface area (Å²) in [7, 11) is -10.2. The molecule has 0 aliphatic rings. The van der Waals surface area contributed by atoms with Crippen LogP contribution in [-0.2, 0) is 20.2 Å². The summed E-state index contributed by atoms with van der Waals surface area (Å²) in [4.78, 5) is 9.31. The topological polar surface area (TPSA) is 199 Å². The van der Waals surface area contributed by atoms with Gasteiger partial charge in [-0.05, 0) is 35.7 Å². The van der Waals surface area contributed by atoms with Crippen molar-refractivity contribution in [2.75, 3.05) is 0 Å². The molecule has 0 spiro atoms. The Labute approximate surface area is 214 Å². The van der Waals surface area contributed by atoms with Crippen molar-refractivity contribution in [2.24, 2.45) is 10.2 Å². The standard InChI is InChI=1S/C17H12N2O9S2.Al.Na/c20-16-14(30(26,27)28)8-9-7-10(29(23,24)25)5-6-11(9)15(16)19-18-13-4-2-1-3-12(13)17(21)22;;/h1-8,20H,(H,21,22)(H,23,24,25)(H,26,27,28);;/q;+3;+1/p-3. The van der Waals surface area contributed by atoms with Crippen LogP contribution in [0, 0.1) is 0 Å². The smallest absolute Gasteiger partial charge is 0.870 e. The molecule has 3 aromatic carbocycles. The second-order valence-electron chi connectivity index (χ2n) is 5.87. The second kappa shape index (κ2) is 10.4. The largest absolute Gasteiger partial charge is 3.00 e. The molecule has 0 bridgehead atoms. The van der Waals surface area contributed by atoms with Crippen LogP contribution in [-0.4, -0.2) is 54.4 Å². The average Bonchev–Trinajstić information content (AvgIpc) is 2.65. The van der Waals surface area contributed by atoms with Gasteiger partial charge < -0.3 is 19.3 Å². The summed E-state index contributed by atoms with van der Waals surface area (Å²) in [5, 5.41) is 28.7. The molecule has 0 aliphatic carbocycles. The number of azo groups is 1. The van der Waals surface area contributed by atoms with Crippen molar-refractivity contribution in [3.63, 3.8) is 0 Å². The fourth-order valence-corrected chi connectivity index (χ4v) is 3.71. The number of carboxylic acids is 1. The second-order valence-corrected chi connectivity index (χ2v) is 8.59. The normalized spacial score (nSPS) is 11.7. The third kappa shape index (κ3) is 5.93. The van der Waals surface area contributed by atoms with Crippen LogP contribution in [0.4, 0.5) is 11.4 Å². The molecular weight excluding hydrogens is 490 g/mol. The molecule has 11 nitrogen and oxygen atoms in total. The third-order valence-corrected chi connectivity index (χ3v) is 5.63. The third-order valence-electron chi connectivity index (χ3n) is 3.95. The summed E-state index contributed by atoms with van der Waals surface area (Å²) < 4.78 is 68.1. The van der Waals surface area contributed by atoms with E-state index in [1.54, 1.807) is 0 Å². The number of carboxylic acid groups (broad SMARTS) is 1. The van der Waals surface area contributed by atoms with Crippen LogP contribution in [0.2, 0.25) is 0 Å². The Morgan fingerprint density at radius 2 is 1.53 bits per heavy atom. The molecule has 156 valence electrons. The van der Waals surface area contributed by atoms with Gasteiger partial charge in [0.1, 0.15) is 25.9 Å². The van der Waals surface area contributed by atoms with Gasteiger partial charge in [0, 0.05) is 10.3 Å². The fraction of sp³-hybridized carbons (Fsp3) is 0. The Kier molecular flexibility index (Phi) is 9.14. The molecule has 3 rings (SSSR count). The molecule has 0 aromatic heterocycles. The van der Waals surface area contributed by atoms with E-state index in [2.05, 4.69) is 10.2 Å². The molecule has 0 amide bonds. The molecule has 3 aromatic rings. The molecule has 1 N–H and O–H groups in total. The molecule has 32 heavy (non-hydrogen) atoms. The van der Waals surface area contributed by atoms with Gasteiger partial charge in [0.15, 0.2) is 0 Å². The minimum Gasteiger partial charge on any atom is -0.870 e. The number of fused-ring (bicyclic) bond motifs is 1. The number of hydrogen-bond donors (Lipinski definition) is 1. The maximum atomic E-state index is 12.5. The number of benzene rings is 3. The van der Waals surface area contributed by atoms with E-state index >= 15 is 0 Å². The number of rotatable bonds is 5. The summed E-state index contributed by atoms with van der Waals surface area (Å²) >= 11 is 0. The van der Waals surface area contributed by atoms with Gasteiger partial charge in [-0.15, -0.1) is 5.11 Å². The molecule has 0 saturated carbocycles. The number of carbonyl (C=O) groups is 1. The Morgan fingerprint density at radius 3 is 2.09 bits per heavy atom. The van der Waals surface area contributed by atoms with E-state index in [0.29, 0.717) is 6.07 Å². The average molecular weight is 499 g/mol. The molecule has 15 heteroatoms. The van der Waals surface area contributed by atoms with E-state index in [9.17, 15) is 40.9 Å². The van der Waals surface area contributed by atoms with Gasteiger partial charge >= 0.3 is 52.9 Å². The van der Waals surface area contributed by atoms with Crippen molar-refractivity contribution in [2.45, 2.75) is 9.79 Å². The van der Waals surface area contributed by atoms with Crippen molar-refractivity contribution in [3.8, 4) is 5.75 Å². The van der Waals surface area contributed by atoms with E-state index in [4.69, 9.17) is 0 Å². The van der Waals surface area contributed by atoms with Crippen LogP contribution in [0.25, 0.3) is 10.8 Å². The predicted molar refractivity (Wildman–Crippen MR) is 103 cm³/mol. The first-order valence-corrected chi connectivity index (χ1v) is 10.6. The molecule has 0 radical (unpaired) electrons. The molecule has 0 heterocycles. The van der Waals surface area contributed by atoms with Crippen molar-refractivity contribution in [1.82, 2.24) is 0 Å². The molecule has 0 aliphatic heterocycles. The van der Waals surface area contributed by atoms with Gasteiger partial charge in [0.05, 0.1) is 16.1 Å². The summed E-state index contributed by atoms with van der Waals surface area (Å²) in [5.74, 6) is -2.65. The van der Waals surface area contributed by atoms with Crippen molar-refractivity contribution < 1.29 is 70.5 Å². The summed E-state index contributed by atoms with van der Waals surface area (Å²) in [6.45, 7) is 0. The molecule has 0 unspecified atom stereocenters. The van der Waals surface area contributed by atoms with E-state index in [1.807, 2.05) is 0 Å². The van der Waals surface area contributed by atoms with Crippen LogP contribution in [0.5, 0.6) is 5.75 Å². The van der Waals surface area contributed by atoms with E-state index < -0.39 is 47.4 Å². The number of nitrogens with zero attached hydrogens (tertiary/aromatic N) is 2. The van der Waals surface area contributed by atoms with E-state index in [-0.39, 0.29) is 68.9 Å². The minimum absolute atomic E-state index is 0. The Hall–Kier alpha value is -1.86. The van der Waals surface area contributed by atoms with Gasteiger partial charge in [-0.1, -0.05) is 23.9 Å². The van der Waals surface area contributed by atoms with Gasteiger partial charge in [-0.3, -0.25) is 0 Å². The zero-order valence-corrected chi connectivity index (χ0v) is 20.9. The maximum Gasteiger partial charge on any atom is 3.00 e. The van der Waals surface area contributed by atoms with Crippen LogP contribution in [0.1, 0.15) is 10.4 Å². The van der Waals surface area contributed by atoms with Crippen molar-refractivity contribution in [1.29, 1.82) is 0 Å². The van der Waals surface area contributed by atoms with Gasteiger partial charge in [-0.2, -0.15) is 5.11 Å². The van der Waals surface area contributed by atoms with E-state index in [0.717, 1.165) is 18.2 Å². The molecule has 0 fully saturated rings. The minimum atomic E-state index is -5.29. The first-order chi connectivity index (χ1) is 13.9. The van der Waals surface area contributed by atoms with Crippen LogP contribution in [0.15, 0.2) is 68.6 Å². The number of aromatic carboxylic acids is 1. The first-order valence-electron chi connectivity index (χ1n) is 7.83. The summed E-state index contributed by atoms with van der Waals surface area (Å²) in [5.41, 5.74) is -1.06. The van der Waals surface area contributed by atoms with Crippen molar-refractivity contribution in [3.05, 3.63) is 54.1 Å². The van der Waals surface area contributed by atoms with Crippen molar-refractivity contribution >= 4 is 65.7 Å². The first kappa shape index (κ1) is 28.2. The van der Waals surface area contributed by atoms with Gasteiger partial charge in [0.2, 0.25) is 0 Å². The SMILES string of the molecule is O=C(O)c1ccccc1N=Nc1c([O-])c(S(=O)(=O)[O-])cc2cc(S(=O)(=O)[O-])ccc12.[Al+3].[Na+]. The number of hydrogen-bond acceptors (Lipinski definition) is 10. The zero-order chi connectivity index (χ0) is 22.3. The Morgan fingerprint density at radius 1 is 0.906 bits per heavy atom. The van der Waals surface area contributed by atoms with E-state index in [1.165, 1.54) is 24.3 Å². The zero-order valence-electron chi connectivity index (χ0n) is 16.1. The van der Waals surface area contributed by atoms with Crippen LogP contribution < -0.4 is 34.7 Å². The quantitative estimate of drug-likeness (QED) is 0.245. The van der Waals surface area contributed by atoms with Crippen LogP contribution >= 0.6 is 0 Å². The Bertz CT molecular complexity index is 1440. The summed E-state index contributed by atoms with van der Waals surface area (Å²) in [6.07, 6.45) is 0. The summed E-state index contributed by atoms with van der Waals surface area (Å²) in [6, 6.07) is 8.69. The van der Waals surface area contributed by atoms with Gasteiger partial charge in [-0.25, -0.2) is 21.6 Å². The fourth-order valence-electron chi connectivity index (χ4n) is 2.61. The van der Waals surface area contributed by atoms with Gasteiger partial charge in [0.25, 0.3) is 0 Å². The Balaban J connectivity index is 0.00000256. The predicted octanol–water partition coefficient (Wildman–Crippen LogP) is -1.54. The molecule has 0 saturated heterocycles. The molecular formula is C17H9AlN2NaO9S2+. The van der Waals surface area contributed by atoms with Crippen LogP contribution in [0.3, 0.4) is 0 Å². The molecule has 0 atom stereocenters. The monoisotopic (exact) mass is 499 g/mol. The maximum absolute atomic E-state index is 12.5.